The van der Waals surface area contributed by atoms with Crippen molar-refractivity contribution in [3.8, 4) is 16.9 Å². The number of nitrogens with zero attached hydrogens (tertiary/aromatic N) is 1. The van der Waals surface area contributed by atoms with Crippen LogP contribution in [0.3, 0.4) is 0 Å². The second-order valence-electron chi connectivity index (χ2n) is 7.04. The molecule has 0 heterocycles. The highest BCUT2D eigenvalue weighted by atomic mass is 16.5. The molecule has 3 rings (SSSR count). The van der Waals surface area contributed by atoms with Crippen LogP contribution in [0.25, 0.3) is 11.1 Å². The summed E-state index contributed by atoms with van der Waals surface area (Å²) in [5.41, 5.74) is 5.07. The number of anilines is 1. The predicted molar refractivity (Wildman–Crippen MR) is 111 cm³/mol. The lowest BCUT2D eigenvalue weighted by atomic mass is 10.0. The second-order valence-corrected chi connectivity index (χ2v) is 7.04. The first-order valence-electron chi connectivity index (χ1n) is 9.19. The molecule has 0 radical (unpaired) electrons. The van der Waals surface area contributed by atoms with Gasteiger partial charge in [-0.25, -0.2) is 0 Å². The molecule has 134 valence electrons. The van der Waals surface area contributed by atoms with Crippen LogP contribution in [0.2, 0.25) is 0 Å². The number of hydrogen-bond acceptors (Lipinski definition) is 2. The molecule has 0 amide bonds. The highest BCUT2D eigenvalue weighted by Crippen LogP contribution is 2.24. The Labute approximate surface area is 157 Å². The fraction of sp³-hybridized carbons (Fsp3) is 0.250. The lowest BCUT2D eigenvalue weighted by molar-refractivity contribution is 0.415. The molecule has 0 saturated heterocycles. The van der Waals surface area contributed by atoms with Gasteiger partial charge in [-0.2, -0.15) is 0 Å². The first-order valence-corrected chi connectivity index (χ1v) is 9.19. The SMILES string of the molecule is COc1ccc(N(Cc2ccc(-c3ccccc3)cc2)CC(C)C)cc1. The van der Waals surface area contributed by atoms with Crippen LogP contribution in [-0.4, -0.2) is 13.7 Å². The zero-order valence-corrected chi connectivity index (χ0v) is 15.9. The fourth-order valence-electron chi connectivity index (χ4n) is 3.15. The molecule has 26 heavy (non-hydrogen) atoms. The van der Waals surface area contributed by atoms with Crippen LogP contribution >= 0.6 is 0 Å². The van der Waals surface area contributed by atoms with E-state index < -0.39 is 0 Å². The molecule has 3 aromatic carbocycles. The van der Waals surface area contributed by atoms with Crippen LogP contribution in [0, 0.1) is 5.92 Å². The summed E-state index contributed by atoms with van der Waals surface area (Å²) in [6, 6.07) is 27.7. The van der Waals surface area contributed by atoms with Crippen molar-refractivity contribution in [3.63, 3.8) is 0 Å². The average Bonchev–Trinajstić information content (AvgIpc) is 2.68. The summed E-state index contributed by atoms with van der Waals surface area (Å²) in [5.74, 6) is 1.49. The van der Waals surface area contributed by atoms with Crippen LogP contribution in [0.4, 0.5) is 5.69 Å². The Balaban J connectivity index is 1.77. The first-order chi connectivity index (χ1) is 12.7. The van der Waals surface area contributed by atoms with Gasteiger partial charge in [-0.3, -0.25) is 0 Å². The molecule has 0 fully saturated rings. The van der Waals surface area contributed by atoms with E-state index in [1.165, 1.54) is 22.4 Å². The van der Waals surface area contributed by atoms with Crippen LogP contribution in [-0.2, 0) is 6.54 Å². The van der Waals surface area contributed by atoms with Gasteiger partial charge in [-0.05, 0) is 46.9 Å². The Bertz CT molecular complexity index is 792. The lowest BCUT2D eigenvalue weighted by Gasteiger charge is -2.27. The standard InChI is InChI=1S/C24H27NO/c1-19(2)17-25(23-13-15-24(26-3)16-14-23)18-20-9-11-22(12-10-20)21-7-5-4-6-8-21/h4-16,19H,17-18H2,1-3H3. The van der Waals surface area contributed by atoms with Gasteiger partial charge in [0.25, 0.3) is 0 Å². The van der Waals surface area contributed by atoms with Crippen LogP contribution < -0.4 is 9.64 Å². The summed E-state index contributed by atoms with van der Waals surface area (Å²) < 4.78 is 5.28. The van der Waals surface area contributed by atoms with Gasteiger partial charge < -0.3 is 9.64 Å². The largest absolute Gasteiger partial charge is 0.497 e. The van der Waals surface area contributed by atoms with Crippen molar-refractivity contribution < 1.29 is 4.74 Å². The molecule has 0 aliphatic rings. The van der Waals surface area contributed by atoms with E-state index in [1.54, 1.807) is 7.11 Å². The van der Waals surface area contributed by atoms with Gasteiger partial charge in [0.15, 0.2) is 0 Å². The highest BCUT2D eigenvalue weighted by molar-refractivity contribution is 5.63. The molecule has 0 aliphatic heterocycles. The Morgan fingerprint density at radius 2 is 1.38 bits per heavy atom. The molecule has 0 spiro atoms. The summed E-state index contributed by atoms with van der Waals surface area (Å²) in [6.45, 7) is 6.44. The highest BCUT2D eigenvalue weighted by Gasteiger charge is 2.10. The van der Waals surface area contributed by atoms with Gasteiger partial charge >= 0.3 is 0 Å². The summed E-state index contributed by atoms with van der Waals surface area (Å²) in [7, 11) is 1.70. The quantitative estimate of drug-likeness (QED) is 0.519. The first kappa shape index (κ1) is 18.1. The van der Waals surface area contributed by atoms with Crippen molar-refractivity contribution in [1.82, 2.24) is 0 Å². The minimum Gasteiger partial charge on any atom is -0.497 e. The van der Waals surface area contributed by atoms with E-state index in [0.29, 0.717) is 5.92 Å². The van der Waals surface area contributed by atoms with Crippen molar-refractivity contribution in [3.05, 3.63) is 84.4 Å². The molecule has 3 aromatic rings. The van der Waals surface area contributed by atoms with Crippen molar-refractivity contribution in [2.75, 3.05) is 18.6 Å². The molecule has 0 aromatic heterocycles. The Morgan fingerprint density at radius 1 is 0.769 bits per heavy atom. The van der Waals surface area contributed by atoms with Crippen molar-refractivity contribution in [2.45, 2.75) is 20.4 Å². The summed E-state index contributed by atoms with van der Waals surface area (Å²) in [6.07, 6.45) is 0. The third kappa shape index (κ3) is 4.66. The van der Waals surface area contributed by atoms with Crippen molar-refractivity contribution in [1.29, 1.82) is 0 Å². The number of methoxy groups -OCH3 is 1. The third-order valence-electron chi connectivity index (χ3n) is 4.46. The van der Waals surface area contributed by atoms with Crippen LogP contribution in [0.1, 0.15) is 19.4 Å². The van der Waals surface area contributed by atoms with Gasteiger partial charge in [-0.15, -0.1) is 0 Å². The lowest BCUT2D eigenvalue weighted by Crippen LogP contribution is -2.27. The number of hydrogen-bond donors (Lipinski definition) is 0. The predicted octanol–water partition coefficient (Wildman–Crippen LogP) is 6.02. The van der Waals surface area contributed by atoms with Gasteiger partial charge in [-0.1, -0.05) is 68.4 Å². The average molecular weight is 345 g/mol. The number of benzene rings is 3. The summed E-state index contributed by atoms with van der Waals surface area (Å²) in [4.78, 5) is 2.43. The molecule has 2 nitrogen and oxygen atoms in total. The molecule has 0 N–H and O–H groups in total. The third-order valence-corrected chi connectivity index (χ3v) is 4.46. The Morgan fingerprint density at radius 3 is 1.96 bits per heavy atom. The molecule has 0 aliphatic carbocycles. The van der Waals surface area contributed by atoms with Crippen LogP contribution in [0.5, 0.6) is 5.75 Å². The monoisotopic (exact) mass is 345 g/mol. The maximum Gasteiger partial charge on any atom is 0.119 e. The van der Waals surface area contributed by atoms with Gasteiger partial charge in [0, 0.05) is 18.8 Å². The molecule has 0 atom stereocenters. The minimum absolute atomic E-state index is 0.598. The second kappa shape index (κ2) is 8.57. The van der Waals surface area contributed by atoms with Gasteiger partial charge in [0.2, 0.25) is 0 Å². The molecule has 0 saturated carbocycles. The zero-order chi connectivity index (χ0) is 18.4. The van der Waals surface area contributed by atoms with E-state index in [-0.39, 0.29) is 0 Å². The number of ether oxygens (including phenoxy) is 1. The molecular formula is C24H27NO. The van der Waals surface area contributed by atoms with Gasteiger partial charge in [0.1, 0.15) is 5.75 Å². The fourth-order valence-corrected chi connectivity index (χ4v) is 3.15. The summed E-state index contributed by atoms with van der Waals surface area (Å²) >= 11 is 0. The Kier molecular flexibility index (Phi) is 5.96. The van der Waals surface area contributed by atoms with E-state index >= 15 is 0 Å². The maximum atomic E-state index is 5.28. The molecule has 2 heteroatoms. The molecular weight excluding hydrogens is 318 g/mol. The van der Waals surface area contributed by atoms with Crippen LogP contribution in [0.15, 0.2) is 78.9 Å². The van der Waals surface area contributed by atoms with E-state index in [9.17, 15) is 0 Å². The topological polar surface area (TPSA) is 12.5 Å². The van der Waals surface area contributed by atoms with E-state index in [2.05, 4.69) is 85.5 Å². The van der Waals surface area contributed by atoms with Crippen molar-refractivity contribution >= 4 is 5.69 Å². The maximum absolute atomic E-state index is 5.28. The zero-order valence-electron chi connectivity index (χ0n) is 15.9. The minimum atomic E-state index is 0.598. The van der Waals surface area contributed by atoms with E-state index in [0.717, 1.165) is 18.8 Å². The number of rotatable bonds is 7. The smallest absolute Gasteiger partial charge is 0.119 e. The molecule has 0 bridgehead atoms. The molecule has 0 unspecified atom stereocenters. The van der Waals surface area contributed by atoms with Crippen molar-refractivity contribution in [2.24, 2.45) is 5.92 Å². The van der Waals surface area contributed by atoms with Gasteiger partial charge in [0.05, 0.1) is 7.11 Å². The van der Waals surface area contributed by atoms with E-state index in [4.69, 9.17) is 4.74 Å². The van der Waals surface area contributed by atoms with E-state index in [1.807, 2.05) is 12.1 Å². The summed E-state index contributed by atoms with van der Waals surface area (Å²) in [5, 5.41) is 0. The normalized spacial score (nSPS) is 10.8. The Hall–Kier alpha value is -2.74.